The molecule has 102 valence electrons. The van der Waals surface area contributed by atoms with Crippen molar-refractivity contribution < 1.29 is 9.15 Å². The number of hydrogen-bond acceptors (Lipinski definition) is 2. The Kier molecular flexibility index (Phi) is 4.41. The average molecular weight is 388 g/mol. The first-order valence-corrected chi connectivity index (χ1v) is 7.69. The fourth-order valence-corrected chi connectivity index (χ4v) is 3.80. The third-order valence-corrected chi connectivity index (χ3v) is 5.00. The van der Waals surface area contributed by atoms with Gasteiger partial charge in [-0.1, -0.05) is 31.9 Å². The monoisotopic (exact) mass is 386 g/mol. The lowest BCUT2D eigenvalue weighted by Gasteiger charge is -2.19. The third-order valence-electron chi connectivity index (χ3n) is 3.30. The van der Waals surface area contributed by atoms with Gasteiger partial charge in [0.05, 0.1) is 13.4 Å². The molecule has 0 spiro atoms. The van der Waals surface area contributed by atoms with Crippen molar-refractivity contribution in [1.82, 2.24) is 0 Å². The molecule has 1 atom stereocenters. The molecule has 0 saturated carbocycles. The van der Waals surface area contributed by atoms with Crippen LogP contribution in [0.3, 0.4) is 0 Å². The number of aryl methyl sites for hydroxylation is 2. The van der Waals surface area contributed by atoms with Crippen molar-refractivity contribution in [2.45, 2.75) is 25.6 Å². The van der Waals surface area contributed by atoms with E-state index in [1.165, 1.54) is 0 Å². The smallest absolute Gasteiger partial charge is 0.126 e. The van der Waals surface area contributed by atoms with Crippen LogP contribution in [0.1, 0.15) is 32.8 Å². The maximum absolute atomic E-state index is 5.60. The quantitative estimate of drug-likeness (QED) is 0.652. The van der Waals surface area contributed by atoms with Gasteiger partial charge in [0, 0.05) is 10.0 Å². The first-order chi connectivity index (χ1) is 8.97. The van der Waals surface area contributed by atoms with Gasteiger partial charge in [-0.2, -0.15) is 0 Å². The summed E-state index contributed by atoms with van der Waals surface area (Å²) in [5.41, 5.74) is 4.48. The highest BCUT2D eigenvalue weighted by atomic mass is 79.9. The third kappa shape index (κ3) is 2.61. The Morgan fingerprint density at radius 3 is 2.42 bits per heavy atom. The van der Waals surface area contributed by atoms with E-state index in [0.717, 1.165) is 38.2 Å². The van der Waals surface area contributed by atoms with Crippen LogP contribution < -0.4 is 4.74 Å². The fraction of sp³-hybridized carbons (Fsp3) is 0.333. The Bertz CT molecular complexity index is 602. The first kappa shape index (κ1) is 14.7. The van der Waals surface area contributed by atoms with Crippen LogP contribution in [0, 0.1) is 20.8 Å². The van der Waals surface area contributed by atoms with Crippen LogP contribution in [0.25, 0.3) is 0 Å². The van der Waals surface area contributed by atoms with Gasteiger partial charge in [-0.3, -0.25) is 0 Å². The van der Waals surface area contributed by atoms with Crippen LogP contribution in [0.5, 0.6) is 5.75 Å². The van der Waals surface area contributed by atoms with Gasteiger partial charge >= 0.3 is 0 Å². The molecule has 2 nitrogen and oxygen atoms in total. The molecular formula is C15H16Br2O2. The lowest BCUT2D eigenvalue weighted by atomic mass is 9.98. The van der Waals surface area contributed by atoms with E-state index >= 15 is 0 Å². The molecule has 2 rings (SSSR count). The Labute approximate surface area is 130 Å². The van der Waals surface area contributed by atoms with Gasteiger partial charge in [-0.15, -0.1) is 0 Å². The number of halogens is 2. The normalized spacial score (nSPS) is 12.5. The molecule has 1 aromatic heterocycles. The molecule has 0 amide bonds. The molecule has 0 aliphatic rings. The predicted molar refractivity (Wildman–Crippen MR) is 84.4 cm³/mol. The zero-order chi connectivity index (χ0) is 14.2. The fourth-order valence-electron chi connectivity index (χ4n) is 2.23. The Hall–Kier alpha value is -0.740. The van der Waals surface area contributed by atoms with E-state index in [0.29, 0.717) is 0 Å². The van der Waals surface area contributed by atoms with Crippen molar-refractivity contribution in [3.63, 3.8) is 0 Å². The number of hydrogen-bond donors (Lipinski definition) is 0. The van der Waals surface area contributed by atoms with E-state index in [9.17, 15) is 0 Å². The van der Waals surface area contributed by atoms with E-state index in [-0.39, 0.29) is 4.83 Å². The lowest BCUT2D eigenvalue weighted by Crippen LogP contribution is -2.03. The number of alkyl halides is 1. The molecule has 0 aliphatic heterocycles. The van der Waals surface area contributed by atoms with Gasteiger partial charge in [0.1, 0.15) is 16.3 Å². The predicted octanol–water partition coefficient (Wildman–Crippen LogP) is 5.46. The van der Waals surface area contributed by atoms with E-state index in [1.807, 2.05) is 19.9 Å². The van der Waals surface area contributed by atoms with Crippen molar-refractivity contribution in [1.29, 1.82) is 0 Å². The first-order valence-electron chi connectivity index (χ1n) is 5.99. The second-order valence-electron chi connectivity index (χ2n) is 4.58. The molecule has 1 aromatic carbocycles. The SMILES string of the molecule is COc1c(C)cc(Br)c(C)c1C(Br)c1occc1C. The van der Waals surface area contributed by atoms with E-state index in [2.05, 4.69) is 44.8 Å². The summed E-state index contributed by atoms with van der Waals surface area (Å²) in [4.78, 5) is -0.0198. The minimum Gasteiger partial charge on any atom is -0.496 e. The molecule has 0 aliphatic carbocycles. The summed E-state index contributed by atoms with van der Waals surface area (Å²) in [6.07, 6.45) is 1.71. The summed E-state index contributed by atoms with van der Waals surface area (Å²) in [5.74, 6) is 1.82. The standard InChI is InChI=1S/C15H16Br2O2/c1-8-5-6-19-15(8)13(17)12-10(3)11(16)7-9(2)14(12)18-4/h5-7,13H,1-4H3. The zero-order valence-electron chi connectivity index (χ0n) is 11.4. The van der Waals surface area contributed by atoms with Gasteiger partial charge in [0.25, 0.3) is 0 Å². The molecule has 2 aromatic rings. The van der Waals surface area contributed by atoms with E-state index in [1.54, 1.807) is 13.4 Å². The van der Waals surface area contributed by atoms with Crippen LogP contribution in [0.15, 0.2) is 27.3 Å². The topological polar surface area (TPSA) is 22.4 Å². The lowest BCUT2D eigenvalue weighted by molar-refractivity contribution is 0.404. The van der Waals surface area contributed by atoms with Crippen LogP contribution in [0.2, 0.25) is 0 Å². The number of methoxy groups -OCH3 is 1. The van der Waals surface area contributed by atoms with Gasteiger partial charge in [0.15, 0.2) is 0 Å². The van der Waals surface area contributed by atoms with Gasteiger partial charge in [-0.25, -0.2) is 0 Å². The van der Waals surface area contributed by atoms with Crippen molar-refractivity contribution in [3.8, 4) is 5.75 Å². The van der Waals surface area contributed by atoms with Crippen LogP contribution in [-0.2, 0) is 0 Å². The molecule has 1 heterocycles. The second kappa shape index (κ2) is 5.71. The van der Waals surface area contributed by atoms with Gasteiger partial charge in [-0.05, 0) is 49.6 Å². The molecule has 0 bridgehead atoms. The Balaban J connectivity index is 2.64. The number of furan rings is 1. The molecule has 0 N–H and O–H groups in total. The van der Waals surface area contributed by atoms with Crippen LogP contribution >= 0.6 is 31.9 Å². The maximum atomic E-state index is 5.60. The maximum Gasteiger partial charge on any atom is 0.126 e. The molecule has 1 unspecified atom stereocenters. The highest BCUT2D eigenvalue weighted by molar-refractivity contribution is 9.10. The van der Waals surface area contributed by atoms with Gasteiger partial charge < -0.3 is 9.15 Å². The van der Waals surface area contributed by atoms with Crippen molar-refractivity contribution >= 4 is 31.9 Å². The van der Waals surface area contributed by atoms with Crippen LogP contribution in [-0.4, -0.2) is 7.11 Å². The average Bonchev–Trinajstić information content (AvgIpc) is 2.79. The molecule has 19 heavy (non-hydrogen) atoms. The van der Waals surface area contributed by atoms with E-state index < -0.39 is 0 Å². The molecule has 4 heteroatoms. The van der Waals surface area contributed by atoms with E-state index in [4.69, 9.17) is 9.15 Å². The summed E-state index contributed by atoms with van der Waals surface area (Å²) < 4.78 is 12.3. The Morgan fingerprint density at radius 1 is 1.21 bits per heavy atom. The second-order valence-corrected chi connectivity index (χ2v) is 6.35. The molecule has 0 fully saturated rings. The summed E-state index contributed by atoms with van der Waals surface area (Å²) in [7, 11) is 1.70. The minimum atomic E-state index is -0.0198. The molecule has 0 saturated heterocycles. The van der Waals surface area contributed by atoms with Crippen molar-refractivity contribution in [2.75, 3.05) is 7.11 Å². The molecular weight excluding hydrogens is 372 g/mol. The zero-order valence-corrected chi connectivity index (χ0v) is 14.6. The summed E-state index contributed by atoms with van der Waals surface area (Å²) in [5, 5.41) is 0. The van der Waals surface area contributed by atoms with Crippen LogP contribution in [0.4, 0.5) is 0 Å². The van der Waals surface area contributed by atoms with Crippen molar-refractivity contribution in [3.05, 3.63) is 50.9 Å². The summed E-state index contributed by atoms with van der Waals surface area (Å²) in [6, 6.07) is 4.04. The highest BCUT2D eigenvalue weighted by Gasteiger charge is 2.24. The highest BCUT2D eigenvalue weighted by Crippen LogP contribution is 2.43. The summed E-state index contributed by atoms with van der Waals surface area (Å²) in [6.45, 7) is 6.16. The number of rotatable bonds is 3. The summed E-state index contributed by atoms with van der Waals surface area (Å²) >= 11 is 7.34. The minimum absolute atomic E-state index is 0.0198. The largest absolute Gasteiger partial charge is 0.496 e. The van der Waals surface area contributed by atoms with Crippen molar-refractivity contribution in [2.24, 2.45) is 0 Å². The number of benzene rings is 1. The number of ether oxygens (including phenoxy) is 1. The van der Waals surface area contributed by atoms with Gasteiger partial charge in [0.2, 0.25) is 0 Å². The molecule has 0 radical (unpaired) electrons. The Morgan fingerprint density at radius 2 is 1.89 bits per heavy atom.